The summed E-state index contributed by atoms with van der Waals surface area (Å²) in [6, 6.07) is 1.89. The van der Waals surface area contributed by atoms with Gasteiger partial charge in [-0.3, -0.25) is 4.79 Å². The van der Waals surface area contributed by atoms with E-state index < -0.39 is 0 Å². The van der Waals surface area contributed by atoms with E-state index in [-0.39, 0.29) is 11.9 Å². The average molecular weight is 256 g/mol. The summed E-state index contributed by atoms with van der Waals surface area (Å²) in [4.78, 5) is 11.7. The molecule has 1 amide bonds. The molecule has 0 saturated heterocycles. The molecule has 1 rings (SSSR count). The fourth-order valence-electron chi connectivity index (χ4n) is 1.34. The molecule has 1 heterocycles. The lowest BCUT2D eigenvalue weighted by Gasteiger charge is -2.13. The topological polar surface area (TPSA) is 50.4 Å². The molecule has 96 valence electrons. The van der Waals surface area contributed by atoms with E-state index in [2.05, 4.69) is 22.1 Å². The molecule has 0 radical (unpaired) electrons. The van der Waals surface area contributed by atoms with Gasteiger partial charge in [0.1, 0.15) is 0 Å². The highest BCUT2D eigenvalue weighted by Gasteiger charge is 2.10. The van der Waals surface area contributed by atoms with Crippen molar-refractivity contribution in [2.45, 2.75) is 25.9 Å². The summed E-state index contributed by atoms with van der Waals surface area (Å²) in [6.07, 6.45) is 0.847. The van der Waals surface area contributed by atoms with Crippen molar-refractivity contribution < 1.29 is 9.53 Å². The summed E-state index contributed by atoms with van der Waals surface area (Å²) in [5.41, 5.74) is 1.22. The Morgan fingerprint density at radius 3 is 3.06 bits per heavy atom. The molecule has 0 aliphatic rings. The fourth-order valence-corrected chi connectivity index (χ4v) is 2.01. The highest BCUT2D eigenvalue weighted by atomic mass is 32.1. The zero-order valence-corrected chi connectivity index (χ0v) is 11.2. The Kier molecular flexibility index (Phi) is 6.84. The zero-order chi connectivity index (χ0) is 12.5. The number of nitrogens with one attached hydrogen (secondary N) is 2. The minimum atomic E-state index is -0.169. The number of thiophene rings is 1. The van der Waals surface area contributed by atoms with Crippen LogP contribution in [0, 0.1) is 0 Å². The van der Waals surface area contributed by atoms with Gasteiger partial charge < -0.3 is 15.4 Å². The van der Waals surface area contributed by atoms with Crippen LogP contribution < -0.4 is 10.6 Å². The Morgan fingerprint density at radius 2 is 2.41 bits per heavy atom. The molecule has 0 aromatic carbocycles. The van der Waals surface area contributed by atoms with Crippen molar-refractivity contribution in [3.8, 4) is 0 Å². The number of rotatable bonds is 8. The second-order valence-electron chi connectivity index (χ2n) is 3.87. The molecule has 0 spiro atoms. The number of carbonyl (C=O) groups is 1. The van der Waals surface area contributed by atoms with Gasteiger partial charge in [-0.2, -0.15) is 11.3 Å². The van der Waals surface area contributed by atoms with Crippen LogP contribution in [0.2, 0.25) is 0 Å². The first-order valence-corrected chi connectivity index (χ1v) is 6.69. The Hall–Kier alpha value is -0.910. The van der Waals surface area contributed by atoms with Crippen molar-refractivity contribution in [2.75, 3.05) is 20.3 Å². The predicted molar refractivity (Wildman–Crippen MR) is 70.1 cm³/mol. The Labute approximate surface area is 106 Å². The number of hydrogen-bond donors (Lipinski definition) is 2. The highest BCUT2D eigenvalue weighted by molar-refractivity contribution is 7.07. The van der Waals surface area contributed by atoms with Gasteiger partial charge in [0.15, 0.2) is 0 Å². The molecule has 1 aromatic heterocycles. The summed E-state index contributed by atoms with van der Waals surface area (Å²) >= 11 is 1.66. The smallest absolute Gasteiger partial charge is 0.236 e. The minimum Gasteiger partial charge on any atom is -0.385 e. The SMILES string of the molecule is COCCCNC(=O)C(C)NCc1ccsc1. The maximum atomic E-state index is 11.7. The summed E-state index contributed by atoms with van der Waals surface area (Å²) in [5, 5.41) is 10.2. The number of methoxy groups -OCH3 is 1. The van der Waals surface area contributed by atoms with Crippen molar-refractivity contribution >= 4 is 17.2 Å². The van der Waals surface area contributed by atoms with Crippen molar-refractivity contribution in [3.63, 3.8) is 0 Å². The van der Waals surface area contributed by atoms with Gasteiger partial charge in [-0.15, -0.1) is 0 Å². The fraction of sp³-hybridized carbons (Fsp3) is 0.583. The Morgan fingerprint density at radius 1 is 1.59 bits per heavy atom. The van der Waals surface area contributed by atoms with Crippen LogP contribution >= 0.6 is 11.3 Å². The normalized spacial score (nSPS) is 12.4. The summed E-state index contributed by atoms with van der Waals surface area (Å²) < 4.78 is 4.91. The lowest BCUT2D eigenvalue weighted by Crippen LogP contribution is -2.42. The van der Waals surface area contributed by atoms with Gasteiger partial charge in [0.25, 0.3) is 0 Å². The van der Waals surface area contributed by atoms with E-state index in [9.17, 15) is 4.79 Å². The van der Waals surface area contributed by atoms with Crippen LogP contribution in [-0.2, 0) is 16.1 Å². The van der Waals surface area contributed by atoms with Gasteiger partial charge in [0.2, 0.25) is 5.91 Å². The number of amides is 1. The Balaban J connectivity index is 2.13. The molecule has 4 nitrogen and oxygen atoms in total. The van der Waals surface area contributed by atoms with Gasteiger partial charge in [0, 0.05) is 26.8 Å². The molecule has 5 heteroatoms. The van der Waals surface area contributed by atoms with E-state index in [0.717, 1.165) is 13.0 Å². The third-order valence-corrected chi connectivity index (χ3v) is 3.14. The molecule has 1 atom stereocenters. The lowest BCUT2D eigenvalue weighted by atomic mass is 10.2. The van der Waals surface area contributed by atoms with Gasteiger partial charge >= 0.3 is 0 Å². The zero-order valence-electron chi connectivity index (χ0n) is 10.4. The molecule has 0 aliphatic heterocycles. The molecule has 0 aliphatic carbocycles. The molecular weight excluding hydrogens is 236 g/mol. The summed E-state index contributed by atoms with van der Waals surface area (Å²) in [7, 11) is 1.66. The lowest BCUT2D eigenvalue weighted by molar-refractivity contribution is -0.122. The molecule has 0 bridgehead atoms. The van der Waals surface area contributed by atoms with Crippen LogP contribution in [0.3, 0.4) is 0 Å². The van der Waals surface area contributed by atoms with Crippen molar-refractivity contribution in [1.82, 2.24) is 10.6 Å². The van der Waals surface area contributed by atoms with Crippen LogP contribution in [0.5, 0.6) is 0 Å². The van der Waals surface area contributed by atoms with E-state index >= 15 is 0 Å². The van der Waals surface area contributed by atoms with Crippen LogP contribution in [-0.4, -0.2) is 32.2 Å². The average Bonchev–Trinajstić information content (AvgIpc) is 2.84. The number of carbonyl (C=O) groups excluding carboxylic acids is 1. The van der Waals surface area contributed by atoms with Crippen LogP contribution in [0.1, 0.15) is 18.9 Å². The Bertz CT molecular complexity index is 314. The van der Waals surface area contributed by atoms with Gasteiger partial charge in [-0.1, -0.05) is 0 Å². The van der Waals surface area contributed by atoms with Gasteiger partial charge in [-0.25, -0.2) is 0 Å². The maximum Gasteiger partial charge on any atom is 0.236 e. The largest absolute Gasteiger partial charge is 0.385 e. The third kappa shape index (κ3) is 5.81. The van der Waals surface area contributed by atoms with Crippen molar-refractivity contribution in [3.05, 3.63) is 22.4 Å². The number of hydrogen-bond acceptors (Lipinski definition) is 4. The van der Waals surface area contributed by atoms with Gasteiger partial charge in [-0.05, 0) is 35.7 Å². The molecule has 2 N–H and O–H groups in total. The van der Waals surface area contributed by atoms with E-state index in [1.165, 1.54) is 5.56 Å². The van der Waals surface area contributed by atoms with E-state index in [1.54, 1.807) is 18.4 Å². The molecule has 0 fully saturated rings. The van der Waals surface area contributed by atoms with E-state index in [1.807, 2.05) is 12.3 Å². The third-order valence-electron chi connectivity index (χ3n) is 2.41. The molecule has 0 saturated carbocycles. The molecule has 1 aromatic rings. The second-order valence-corrected chi connectivity index (χ2v) is 4.65. The molecule has 17 heavy (non-hydrogen) atoms. The van der Waals surface area contributed by atoms with Crippen molar-refractivity contribution in [1.29, 1.82) is 0 Å². The quantitative estimate of drug-likeness (QED) is 0.691. The van der Waals surface area contributed by atoms with Crippen molar-refractivity contribution in [2.24, 2.45) is 0 Å². The molecular formula is C12H20N2O2S. The van der Waals surface area contributed by atoms with Crippen LogP contribution in [0.25, 0.3) is 0 Å². The van der Waals surface area contributed by atoms with Crippen LogP contribution in [0.15, 0.2) is 16.8 Å². The minimum absolute atomic E-state index is 0.0383. The monoisotopic (exact) mass is 256 g/mol. The number of ether oxygens (including phenoxy) is 1. The first kappa shape index (κ1) is 14.2. The standard InChI is InChI=1S/C12H20N2O2S/c1-10(12(15)13-5-3-6-16-2)14-8-11-4-7-17-9-11/h4,7,9-10,14H,3,5-6,8H2,1-2H3,(H,13,15). The second kappa shape index (κ2) is 8.22. The van der Waals surface area contributed by atoms with E-state index in [0.29, 0.717) is 13.2 Å². The summed E-state index contributed by atoms with van der Waals surface area (Å²) in [5.74, 6) is 0.0383. The van der Waals surface area contributed by atoms with Crippen LogP contribution in [0.4, 0.5) is 0 Å². The highest BCUT2D eigenvalue weighted by Crippen LogP contribution is 2.05. The first-order valence-electron chi connectivity index (χ1n) is 5.75. The maximum absolute atomic E-state index is 11.7. The van der Waals surface area contributed by atoms with Gasteiger partial charge in [0.05, 0.1) is 6.04 Å². The predicted octanol–water partition coefficient (Wildman–Crippen LogP) is 1.38. The van der Waals surface area contributed by atoms with E-state index in [4.69, 9.17) is 4.74 Å². The first-order chi connectivity index (χ1) is 8.24. The molecule has 1 unspecified atom stereocenters. The summed E-state index contributed by atoms with van der Waals surface area (Å²) in [6.45, 7) is 3.95.